The summed E-state index contributed by atoms with van der Waals surface area (Å²) >= 11 is 0. The Morgan fingerprint density at radius 2 is 1.79 bits per heavy atom. The summed E-state index contributed by atoms with van der Waals surface area (Å²) < 4.78 is 0. The number of hydrogen-bond donors (Lipinski definition) is 1. The highest BCUT2D eigenvalue weighted by atomic mass is 15.2. The Hall–Kier alpha value is -0.860. The van der Waals surface area contributed by atoms with E-state index in [2.05, 4.69) is 61.3 Å². The zero-order valence-electron chi connectivity index (χ0n) is 12.9. The lowest BCUT2D eigenvalue weighted by Crippen LogP contribution is -2.36. The number of unbranched alkanes of at least 4 members (excludes halogenated alkanes) is 1. The van der Waals surface area contributed by atoms with Gasteiger partial charge in [-0.1, -0.05) is 57.5 Å². The highest BCUT2D eigenvalue weighted by molar-refractivity contribution is 5.19. The number of nitrogens with zero attached hydrogens (tertiary/aromatic N) is 1. The molecule has 0 radical (unpaired) electrons. The molecule has 2 nitrogen and oxygen atoms in total. The molecule has 0 spiro atoms. The molecule has 108 valence electrons. The maximum atomic E-state index is 3.58. The lowest BCUT2D eigenvalue weighted by Gasteiger charge is -2.31. The van der Waals surface area contributed by atoms with Crippen molar-refractivity contribution in [1.82, 2.24) is 10.2 Å². The number of likely N-dealkylation sites (N-methyl/N-ethyl adjacent to an activating group) is 1. The smallest absolute Gasteiger partial charge is 0.0472 e. The highest BCUT2D eigenvalue weighted by Gasteiger charge is 2.17. The molecule has 0 bridgehead atoms. The van der Waals surface area contributed by atoms with Gasteiger partial charge in [0.25, 0.3) is 0 Å². The molecule has 19 heavy (non-hydrogen) atoms. The summed E-state index contributed by atoms with van der Waals surface area (Å²) in [5.74, 6) is 0. The third-order valence-electron chi connectivity index (χ3n) is 3.59. The Kier molecular flexibility index (Phi) is 8.52. The molecule has 0 saturated heterocycles. The highest BCUT2D eigenvalue weighted by Crippen LogP contribution is 2.20. The van der Waals surface area contributed by atoms with Crippen LogP contribution in [0.5, 0.6) is 0 Å². The first-order valence-electron chi connectivity index (χ1n) is 7.83. The van der Waals surface area contributed by atoms with Crippen LogP contribution in [-0.4, -0.2) is 31.1 Å². The Morgan fingerprint density at radius 1 is 1.05 bits per heavy atom. The Balaban J connectivity index is 2.72. The van der Waals surface area contributed by atoms with Crippen LogP contribution in [0.25, 0.3) is 0 Å². The monoisotopic (exact) mass is 262 g/mol. The first-order valence-corrected chi connectivity index (χ1v) is 7.83. The van der Waals surface area contributed by atoms with E-state index in [1.165, 1.54) is 31.4 Å². The quantitative estimate of drug-likeness (QED) is 0.644. The van der Waals surface area contributed by atoms with Gasteiger partial charge in [0.2, 0.25) is 0 Å². The molecule has 0 fully saturated rings. The van der Waals surface area contributed by atoms with Gasteiger partial charge in [0, 0.05) is 12.6 Å². The molecule has 1 aromatic carbocycles. The van der Waals surface area contributed by atoms with Gasteiger partial charge in [-0.15, -0.1) is 0 Å². The van der Waals surface area contributed by atoms with Crippen LogP contribution < -0.4 is 5.32 Å². The molecular weight excluding hydrogens is 232 g/mol. The molecule has 1 rings (SSSR count). The zero-order chi connectivity index (χ0) is 13.9. The lowest BCUT2D eigenvalue weighted by molar-refractivity contribution is 0.200. The largest absolute Gasteiger partial charge is 0.315 e. The normalized spacial score (nSPS) is 12.8. The predicted molar refractivity (Wildman–Crippen MR) is 84.5 cm³/mol. The van der Waals surface area contributed by atoms with Gasteiger partial charge in [-0.25, -0.2) is 0 Å². The second kappa shape index (κ2) is 9.99. The third kappa shape index (κ3) is 5.75. The van der Waals surface area contributed by atoms with Gasteiger partial charge in [-0.3, -0.25) is 4.90 Å². The van der Waals surface area contributed by atoms with Crippen LogP contribution in [0, 0.1) is 0 Å². The number of benzene rings is 1. The minimum atomic E-state index is 0.504. The third-order valence-corrected chi connectivity index (χ3v) is 3.59. The van der Waals surface area contributed by atoms with Gasteiger partial charge in [0.05, 0.1) is 0 Å². The number of rotatable bonds is 10. The topological polar surface area (TPSA) is 15.3 Å². The Bertz CT molecular complexity index is 310. The van der Waals surface area contributed by atoms with E-state index >= 15 is 0 Å². The fourth-order valence-corrected chi connectivity index (χ4v) is 2.44. The SMILES string of the molecule is CCCCN(CC)C(CNCCC)c1ccccc1. The summed E-state index contributed by atoms with van der Waals surface area (Å²) in [6, 6.07) is 11.4. The van der Waals surface area contributed by atoms with E-state index in [0.29, 0.717) is 6.04 Å². The molecular formula is C17H30N2. The van der Waals surface area contributed by atoms with Crippen LogP contribution in [0.1, 0.15) is 51.6 Å². The number of nitrogens with one attached hydrogen (secondary N) is 1. The summed E-state index contributed by atoms with van der Waals surface area (Å²) in [4.78, 5) is 2.60. The van der Waals surface area contributed by atoms with Crippen molar-refractivity contribution in [2.45, 2.75) is 46.1 Å². The zero-order valence-corrected chi connectivity index (χ0v) is 12.9. The number of hydrogen-bond acceptors (Lipinski definition) is 2. The van der Waals surface area contributed by atoms with Crippen molar-refractivity contribution in [3.8, 4) is 0 Å². The molecule has 0 aliphatic rings. The van der Waals surface area contributed by atoms with E-state index in [1.54, 1.807) is 0 Å². The maximum Gasteiger partial charge on any atom is 0.0472 e. The van der Waals surface area contributed by atoms with Gasteiger partial charge in [0.15, 0.2) is 0 Å². The van der Waals surface area contributed by atoms with E-state index in [4.69, 9.17) is 0 Å². The van der Waals surface area contributed by atoms with Crippen molar-refractivity contribution in [2.75, 3.05) is 26.2 Å². The maximum absolute atomic E-state index is 3.58. The van der Waals surface area contributed by atoms with Crippen LogP contribution in [0.2, 0.25) is 0 Å². The van der Waals surface area contributed by atoms with Gasteiger partial charge in [-0.05, 0) is 38.0 Å². The average Bonchev–Trinajstić information content (AvgIpc) is 2.47. The van der Waals surface area contributed by atoms with Crippen LogP contribution in [0.3, 0.4) is 0 Å². The van der Waals surface area contributed by atoms with E-state index in [-0.39, 0.29) is 0 Å². The van der Waals surface area contributed by atoms with Gasteiger partial charge >= 0.3 is 0 Å². The Labute approximate surface area is 119 Å². The molecule has 1 N–H and O–H groups in total. The molecule has 0 amide bonds. The molecule has 0 aromatic heterocycles. The molecule has 1 atom stereocenters. The van der Waals surface area contributed by atoms with Crippen LogP contribution in [0.4, 0.5) is 0 Å². The summed E-state index contributed by atoms with van der Waals surface area (Å²) in [7, 11) is 0. The first kappa shape index (κ1) is 16.2. The van der Waals surface area contributed by atoms with Gasteiger partial charge in [-0.2, -0.15) is 0 Å². The predicted octanol–water partition coefficient (Wildman–Crippen LogP) is 3.85. The van der Waals surface area contributed by atoms with E-state index in [9.17, 15) is 0 Å². The van der Waals surface area contributed by atoms with E-state index in [1.807, 2.05) is 0 Å². The van der Waals surface area contributed by atoms with Crippen LogP contribution >= 0.6 is 0 Å². The summed E-state index contributed by atoms with van der Waals surface area (Å²) in [6.07, 6.45) is 3.74. The second-order valence-electron chi connectivity index (χ2n) is 5.11. The average molecular weight is 262 g/mol. The van der Waals surface area contributed by atoms with Crippen LogP contribution in [0.15, 0.2) is 30.3 Å². The molecule has 0 aliphatic carbocycles. The standard InChI is InChI=1S/C17H30N2/c1-4-7-14-19(6-3)17(15-18-13-5-2)16-11-9-8-10-12-16/h8-12,17-18H,4-7,13-15H2,1-3H3. The van der Waals surface area contributed by atoms with Gasteiger partial charge in [0.1, 0.15) is 0 Å². The van der Waals surface area contributed by atoms with E-state index in [0.717, 1.165) is 19.6 Å². The fourth-order valence-electron chi connectivity index (χ4n) is 2.44. The molecule has 0 aliphatic heterocycles. The minimum Gasteiger partial charge on any atom is -0.315 e. The second-order valence-corrected chi connectivity index (χ2v) is 5.11. The van der Waals surface area contributed by atoms with Crippen molar-refractivity contribution >= 4 is 0 Å². The Morgan fingerprint density at radius 3 is 2.37 bits per heavy atom. The van der Waals surface area contributed by atoms with Crippen molar-refractivity contribution in [1.29, 1.82) is 0 Å². The minimum absolute atomic E-state index is 0.504. The molecule has 0 heterocycles. The summed E-state index contributed by atoms with van der Waals surface area (Å²) in [5.41, 5.74) is 1.43. The lowest BCUT2D eigenvalue weighted by atomic mass is 10.0. The molecule has 1 unspecified atom stereocenters. The van der Waals surface area contributed by atoms with Crippen molar-refractivity contribution < 1.29 is 0 Å². The fraction of sp³-hybridized carbons (Fsp3) is 0.647. The summed E-state index contributed by atoms with van der Waals surface area (Å²) in [6.45, 7) is 11.2. The van der Waals surface area contributed by atoms with Crippen molar-refractivity contribution in [3.05, 3.63) is 35.9 Å². The van der Waals surface area contributed by atoms with E-state index < -0.39 is 0 Å². The first-order chi connectivity index (χ1) is 9.33. The summed E-state index contributed by atoms with van der Waals surface area (Å²) in [5, 5.41) is 3.58. The molecule has 1 aromatic rings. The van der Waals surface area contributed by atoms with Crippen molar-refractivity contribution in [2.24, 2.45) is 0 Å². The van der Waals surface area contributed by atoms with Gasteiger partial charge < -0.3 is 5.32 Å². The molecule has 2 heteroatoms. The van der Waals surface area contributed by atoms with Crippen molar-refractivity contribution in [3.63, 3.8) is 0 Å². The molecule has 0 saturated carbocycles. The van der Waals surface area contributed by atoms with Crippen LogP contribution in [-0.2, 0) is 0 Å².